The summed E-state index contributed by atoms with van der Waals surface area (Å²) >= 11 is 4.54. The van der Waals surface area contributed by atoms with Crippen molar-refractivity contribution in [3.8, 4) is 11.5 Å². The van der Waals surface area contributed by atoms with E-state index in [4.69, 9.17) is 4.42 Å². The predicted molar refractivity (Wildman–Crippen MR) is 94.4 cm³/mol. The van der Waals surface area contributed by atoms with Gasteiger partial charge in [-0.05, 0) is 41.9 Å². The number of aromatic nitrogens is 2. The maximum absolute atomic E-state index is 11.9. The van der Waals surface area contributed by atoms with Crippen molar-refractivity contribution in [3.63, 3.8) is 0 Å². The molecule has 1 atom stereocenters. The van der Waals surface area contributed by atoms with Crippen LogP contribution in [0.4, 0.5) is 0 Å². The standard InChI is InChI=1S/C15H17BrN4O3S/c1-3-17-13(22)9(2)18-12(21)8-24-15-20-19-14(23-15)10-6-4-5-7-11(10)16/h4-7,9H,3,8H2,1-2H3,(H,17,22)(H,18,21)/t9-/m0/s1. The molecule has 24 heavy (non-hydrogen) atoms. The molecule has 2 aromatic rings. The first kappa shape index (κ1) is 18.5. The second kappa shape index (κ2) is 8.84. The van der Waals surface area contributed by atoms with Crippen molar-refractivity contribution in [2.45, 2.75) is 25.1 Å². The Morgan fingerprint density at radius 3 is 2.79 bits per heavy atom. The van der Waals surface area contributed by atoms with Crippen molar-refractivity contribution in [3.05, 3.63) is 28.7 Å². The number of nitrogens with one attached hydrogen (secondary N) is 2. The van der Waals surface area contributed by atoms with Crippen LogP contribution < -0.4 is 10.6 Å². The SMILES string of the molecule is CCNC(=O)[C@H](C)NC(=O)CSc1nnc(-c2ccccc2Br)o1. The van der Waals surface area contributed by atoms with E-state index >= 15 is 0 Å². The summed E-state index contributed by atoms with van der Waals surface area (Å²) < 4.78 is 6.39. The van der Waals surface area contributed by atoms with E-state index in [-0.39, 0.29) is 17.6 Å². The summed E-state index contributed by atoms with van der Waals surface area (Å²) in [7, 11) is 0. The minimum Gasteiger partial charge on any atom is -0.411 e. The Hall–Kier alpha value is -1.87. The van der Waals surface area contributed by atoms with E-state index in [0.717, 1.165) is 21.8 Å². The van der Waals surface area contributed by atoms with Gasteiger partial charge in [0.25, 0.3) is 5.22 Å². The molecule has 2 N–H and O–H groups in total. The molecule has 0 fully saturated rings. The number of rotatable bonds is 7. The maximum atomic E-state index is 11.9. The van der Waals surface area contributed by atoms with E-state index in [1.807, 2.05) is 31.2 Å². The molecule has 0 aliphatic heterocycles. The molecule has 0 aliphatic rings. The highest BCUT2D eigenvalue weighted by atomic mass is 79.9. The zero-order valence-corrected chi connectivity index (χ0v) is 15.6. The first-order chi connectivity index (χ1) is 11.5. The van der Waals surface area contributed by atoms with Gasteiger partial charge in [-0.15, -0.1) is 10.2 Å². The number of carbonyl (C=O) groups excluding carboxylic acids is 2. The van der Waals surface area contributed by atoms with Crippen LogP contribution >= 0.6 is 27.7 Å². The lowest BCUT2D eigenvalue weighted by molar-refractivity contribution is -0.127. The molecule has 0 aliphatic carbocycles. The number of carbonyl (C=O) groups is 2. The number of amides is 2. The summed E-state index contributed by atoms with van der Waals surface area (Å²) in [5, 5.41) is 13.4. The van der Waals surface area contributed by atoms with Crippen LogP contribution in [0.1, 0.15) is 13.8 Å². The summed E-state index contributed by atoms with van der Waals surface area (Å²) in [6, 6.07) is 6.90. The van der Waals surface area contributed by atoms with E-state index in [1.54, 1.807) is 6.92 Å². The van der Waals surface area contributed by atoms with Gasteiger partial charge in [0.05, 0.1) is 11.3 Å². The van der Waals surface area contributed by atoms with Crippen molar-refractivity contribution < 1.29 is 14.0 Å². The zero-order chi connectivity index (χ0) is 17.5. The molecule has 2 rings (SSSR count). The molecule has 0 saturated carbocycles. The van der Waals surface area contributed by atoms with Crippen molar-refractivity contribution in [2.75, 3.05) is 12.3 Å². The molecule has 7 nitrogen and oxygen atoms in total. The highest BCUT2D eigenvalue weighted by molar-refractivity contribution is 9.10. The quantitative estimate of drug-likeness (QED) is 0.676. The fourth-order valence-electron chi connectivity index (χ4n) is 1.81. The lowest BCUT2D eigenvalue weighted by atomic mass is 10.2. The summed E-state index contributed by atoms with van der Waals surface area (Å²) in [4.78, 5) is 23.4. The lowest BCUT2D eigenvalue weighted by Crippen LogP contribution is -2.45. The molecule has 1 aromatic carbocycles. The van der Waals surface area contributed by atoms with Gasteiger partial charge in [0.2, 0.25) is 17.7 Å². The molecule has 128 valence electrons. The number of likely N-dealkylation sites (N-methyl/N-ethyl adjacent to an activating group) is 1. The van der Waals surface area contributed by atoms with Crippen molar-refractivity contribution in [2.24, 2.45) is 0 Å². The highest BCUT2D eigenvalue weighted by Gasteiger charge is 2.16. The Labute approximate surface area is 152 Å². The van der Waals surface area contributed by atoms with Gasteiger partial charge in [-0.1, -0.05) is 23.9 Å². The first-order valence-electron chi connectivity index (χ1n) is 7.29. The molecule has 9 heteroatoms. The number of benzene rings is 1. The van der Waals surface area contributed by atoms with Crippen LogP contribution in [0.15, 0.2) is 38.4 Å². The minimum atomic E-state index is -0.587. The summed E-state index contributed by atoms with van der Waals surface area (Å²) in [5.74, 6) is -0.0354. The maximum Gasteiger partial charge on any atom is 0.277 e. The number of thioether (sulfide) groups is 1. The van der Waals surface area contributed by atoms with Crippen LogP contribution in [0, 0.1) is 0 Å². The zero-order valence-electron chi connectivity index (χ0n) is 13.2. The van der Waals surface area contributed by atoms with Crippen molar-refractivity contribution >= 4 is 39.5 Å². The Balaban J connectivity index is 1.88. The topological polar surface area (TPSA) is 97.1 Å². The summed E-state index contributed by atoms with van der Waals surface area (Å²) in [6.45, 7) is 3.97. The second-order valence-corrected chi connectivity index (χ2v) is 6.61. The van der Waals surface area contributed by atoms with E-state index < -0.39 is 6.04 Å². The third-order valence-corrected chi connectivity index (χ3v) is 4.47. The van der Waals surface area contributed by atoms with Crippen LogP contribution in [0.3, 0.4) is 0 Å². The Kier molecular flexibility index (Phi) is 6.80. The molecule has 0 radical (unpaired) electrons. The van der Waals surface area contributed by atoms with E-state index in [9.17, 15) is 9.59 Å². The minimum absolute atomic E-state index is 0.0847. The monoisotopic (exact) mass is 412 g/mol. The van der Waals surface area contributed by atoms with E-state index in [0.29, 0.717) is 17.7 Å². The Morgan fingerprint density at radius 1 is 1.33 bits per heavy atom. The van der Waals surface area contributed by atoms with Gasteiger partial charge < -0.3 is 15.1 Å². The third kappa shape index (κ3) is 5.07. The summed E-state index contributed by atoms with van der Waals surface area (Å²) in [5.41, 5.74) is 0.783. The van der Waals surface area contributed by atoms with Gasteiger partial charge in [-0.3, -0.25) is 9.59 Å². The molecule has 1 heterocycles. The second-order valence-electron chi connectivity index (χ2n) is 4.83. The van der Waals surface area contributed by atoms with Crippen molar-refractivity contribution in [1.29, 1.82) is 0 Å². The number of nitrogens with zero attached hydrogens (tertiary/aromatic N) is 2. The molecule has 1 aromatic heterocycles. The molecule has 0 spiro atoms. The van der Waals surface area contributed by atoms with Gasteiger partial charge in [0.15, 0.2) is 0 Å². The predicted octanol–water partition coefficient (Wildman–Crippen LogP) is 2.23. The van der Waals surface area contributed by atoms with Gasteiger partial charge in [0, 0.05) is 11.0 Å². The Morgan fingerprint density at radius 2 is 2.08 bits per heavy atom. The van der Waals surface area contributed by atoms with Gasteiger partial charge >= 0.3 is 0 Å². The van der Waals surface area contributed by atoms with Crippen LogP contribution in [0.25, 0.3) is 11.5 Å². The van der Waals surface area contributed by atoms with Crippen LogP contribution in [-0.2, 0) is 9.59 Å². The smallest absolute Gasteiger partial charge is 0.277 e. The molecule has 0 unspecified atom stereocenters. The molecular weight excluding hydrogens is 396 g/mol. The molecule has 0 saturated heterocycles. The first-order valence-corrected chi connectivity index (χ1v) is 9.07. The molecule has 2 amide bonds. The number of hydrogen-bond donors (Lipinski definition) is 2. The van der Waals surface area contributed by atoms with Crippen LogP contribution in [0.2, 0.25) is 0 Å². The Bertz CT molecular complexity index is 722. The average molecular weight is 413 g/mol. The number of halogens is 1. The molecular formula is C15H17BrN4O3S. The highest BCUT2D eigenvalue weighted by Crippen LogP contribution is 2.28. The summed E-state index contributed by atoms with van der Waals surface area (Å²) in [6.07, 6.45) is 0. The third-order valence-electron chi connectivity index (χ3n) is 2.96. The average Bonchev–Trinajstić information content (AvgIpc) is 3.02. The largest absolute Gasteiger partial charge is 0.411 e. The van der Waals surface area contributed by atoms with Crippen molar-refractivity contribution in [1.82, 2.24) is 20.8 Å². The van der Waals surface area contributed by atoms with Gasteiger partial charge in [-0.25, -0.2) is 0 Å². The van der Waals surface area contributed by atoms with E-state index in [1.165, 1.54) is 0 Å². The van der Waals surface area contributed by atoms with Crippen LogP contribution in [-0.4, -0.2) is 40.4 Å². The lowest BCUT2D eigenvalue weighted by Gasteiger charge is -2.12. The number of hydrogen-bond acceptors (Lipinski definition) is 6. The normalized spacial score (nSPS) is 11.8. The van der Waals surface area contributed by atoms with Gasteiger partial charge in [-0.2, -0.15) is 0 Å². The molecule has 0 bridgehead atoms. The van der Waals surface area contributed by atoms with Crippen LogP contribution in [0.5, 0.6) is 0 Å². The fraction of sp³-hybridized carbons (Fsp3) is 0.333. The van der Waals surface area contributed by atoms with E-state index in [2.05, 4.69) is 36.8 Å². The fourth-order valence-corrected chi connectivity index (χ4v) is 2.84. The van der Waals surface area contributed by atoms with Gasteiger partial charge in [0.1, 0.15) is 6.04 Å².